The molecule has 1 N–H and O–H groups in total. The Hall–Kier alpha value is -1.59. The highest BCUT2D eigenvalue weighted by Crippen LogP contribution is 2.12. The van der Waals surface area contributed by atoms with Crippen molar-refractivity contribution in [2.75, 3.05) is 5.43 Å². The fraction of sp³-hybridized carbons (Fsp3) is 0.125. The van der Waals surface area contributed by atoms with E-state index in [4.69, 9.17) is 0 Å². The third-order valence-corrected chi connectivity index (χ3v) is 1.25. The van der Waals surface area contributed by atoms with Gasteiger partial charge in [0.25, 0.3) is 0 Å². The van der Waals surface area contributed by atoms with Crippen molar-refractivity contribution < 1.29 is 17.6 Å². The number of anilines is 1. The molecule has 1 aromatic rings. The predicted octanol–water partition coefficient (Wildman–Crippen LogP) is 2.79. The minimum Gasteiger partial charge on any atom is -0.279 e. The molecular formula is C8H6F4N2. The Labute approximate surface area is 77.2 Å². The maximum Gasteiger partial charge on any atom is 0.428 e. The summed E-state index contributed by atoms with van der Waals surface area (Å²) in [5.74, 6) is -0.463. The fourth-order valence-corrected chi connectivity index (χ4v) is 0.704. The Morgan fingerprint density at radius 1 is 1.14 bits per heavy atom. The van der Waals surface area contributed by atoms with Crippen LogP contribution in [0.4, 0.5) is 23.2 Å². The van der Waals surface area contributed by atoms with Crippen LogP contribution in [0.2, 0.25) is 0 Å². The SMILES string of the molecule is Fc1ccc(N/N=C/C(F)(F)F)cc1. The highest BCUT2D eigenvalue weighted by molar-refractivity contribution is 5.65. The summed E-state index contributed by atoms with van der Waals surface area (Å²) in [4.78, 5) is 0. The summed E-state index contributed by atoms with van der Waals surface area (Å²) in [6.07, 6.45) is -4.64. The second-order valence-corrected chi connectivity index (χ2v) is 2.42. The van der Waals surface area contributed by atoms with Crippen LogP contribution in [0.3, 0.4) is 0 Å². The van der Waals surface area contributed by atoms with Crippen LogP contribution in [0.25, 0.3) is 0 Å². The number of hydrogen-bond acceptors (Lipinski definition) is 2. The maximum absolute atomic E-state index is 12.4. The number of hydrazone groups is 1. The molecule has 1 aromatic carbocycles. The molecule has 0 saturated heterocycles. The summed E-state index contributed by atoms with van der Waals surface area (Å²) in [7, 11) is 0. The molecule has 0 heterocycles. The van der Waals surface area contributed by atoms with Gasteiger partial charge in [0, 0.05) is 0 Å². The van der Waals surface area contributed by atoms with Crippen molar-refractivity contribution >= 4 is 11.9 Å². The number of hydrogen-bond donors (Lipinski definition) is 1. The summed E-state index contributed by atoms with van der Waals surface area (Å²) in [5.41, 5.74) is 2.40. The smallest absolute Gasteiger partial charge is 0.279 e. The van der Waals surface area contributed by atoms with Crippen LogP contribution < -0.4 is 5.43 Å². The Morgan fingerprint density at radius 2 is 1.71 bits per heavy atom. The van der Waals surface area contributed by atoms with Gasteiger partial charge in [0.05, 0.1) is 5.69 Å². The van der Waals surface area contributed by atoms with Crippen LogP contribution in [0, 0.1) is 5.82 Å². The van der Waals surface area contributed by atoms with E-state index in [1.807, 2.05) is 0 Å². The average molecular weight is 206 g/mol. The number of benzene rings is 1. The van der Waals surface area contributed by atoms with Gasteiger partial charge in [-0.2, -0.15) is 18.3 Å². The molecule has 14 heavy (non-hydrogen) atoms. The summed E-state index contributed by atoms with van der Waals surface area (Å²) >= 11 is 0. The molecule has 0 aromatic heterocycles. The van der Waals surface area contributed by atoms with Crippen LogP contribution in [-0.2, 0) is 0 Å². The largest absolute Gasteiger partial charge is 0.428 e. The molecular weight excluding hydrogens is 200 g/mol. The first-order chi connectivity index (χ1) is 6.47. The van der Waals surface area contributed by atoms with Crippen LogP contribution in [0.5, 0.6) is 0 Å². The van der Waals surface area contributed by atoms with E-state index in [0.717, 1.165) is 12.1 Å². The molecule has 0 radical (unpaired) electrons. The lowest BCUT2D eigenvalue weighted by Gasteiger charge is -2.00. The third kappa shape index (κ3) is 3.88. The number of alkyl halides is 3. The van der Waals surface area contributed by atoms with Gasteiger partial charge < -0.3 is 0 Å². The van der Waals surface area contributed by atoms with Crippen molar-refractivity contribution in [2.24, 2.45) is 5.10 Å². The normalized spacial score (nSPS) is 12.0. The number of nitrogens with zero attached hydrogens (tertiary/aromatic N) is 1. The van der Waals surface area contributed by atoms with Gasteiger partial charge in [-0.15, -0.1) is 0 Å². The predicted molar refractivity (Wildman–Crippen MR) is 44.6 cm³/mol. The monoisotopic (exact) mass is 206 g/mol. The van der Waals surface area contributed by atoms with Crippen molar-refractivity contribution in [3.63, 3.8) is 0 Å². The lowest BCUT2D eigenvalue weighted by atomic mass is 10.3. The van der Waals surface area contributed by atoms with Gasteiger partial charge >= 0.3 is 6.18 Å². The topological polar surface area (TPSA) is 24.4 Å². The number of rotatable bonds is 2. The van der Waals surface area contributed by atoms with Gasteiger partial charge in [-0.25, -0.2) is 4.39 Å². The van der Waals surface area contributed by atoms with Crippen molar-refractivity contribution in [3.05, 3.63) is 30.1 Å². The first-order valence-electron chi connectivity index (χ1n) is 3.60. The molecule has 0 aliphatic heterocycles. The molecule has 0 spiro atoms. The Morgan fingerprint density at radius 3 is 2.21 bits per heavy atom. The van der Waals surface area contributed by atoms with Crippen molar-refractivity contribution in [3.8, 4) is 0 Å². The van der Waals surface area contributed by atoms with Gasteiger partial charge in [0.2, 0.25) is 0 Å². The molecule has 0 unspecified atom stereocenters. The van der Waals surface area contributed by atoms with E-state index in [9.17, 15) is 17.6 Å². The van der Waals surface area contributed by atoms with Crippen molar-refractivity contribution in [2.45, 2.75) is 6.18 Å². The zero-order chi connectivity index (χ0) is 10.6. The van der Waals surface area contributed by atoms with E-state index < -0.39 is 12.0 Å². The standard InChI is InChI=1S/C8H6F4N2/c9-6-1-3-7(4-2-6)14-13-5-8(10,11)12/h1-5,14H/b13-5+. The van der Waals surface area contributed by atoms with E-state index in [1.54, 1.807) is 0 Å². The van der Waals surface area contributed by atoms with Gasteiger partial charge in [0.1, 0.15) is 12.0 Å². The zero-order valence-electron chi connectivity index (χ0n) is 6.85. The molecule has 0 amide bonds. The highest BCUT2D eigenvalue weighted by Gasteiger charge is 2.23. The average Bonchev–Trinajstić information content (AvgIpc) is 2.06. The first kappa shape index (κ1) is 10.5. The Balaban J connectivity index is 2.54. The molecule has 6 heteroatoms. The lowest BCUT2D eigenvalue weighted by molar-refractivity contribution is -0.0536. The fourth-order valence-electron chi connectivity index (χ4n) is 0.704. The summed E-state index contributed by atoms with van der Waals surface area (Å²) in [6, 6.07) is 4.79. The van der Waals surface area contributed by atoms with Gasteiger partial charge in [0.15, 0.2) is 0 Å². The van der Waals surface area contributed by atoms with Crippen molar-refractivity contribution in [1.29, 1.82) is 0 Å². The Bertz CT molecular complexity index is 315. The maximum atomic E-state index is 12.4. The second kappa shape index (κ2) is 4.08. The minimum absolute atomic E-state index is 0.184. The van der Waals surface area contributed by atoms with Crippen LogP contribution in [-0.4, -0.2) is 12.4 Å². The van der Waals surface area contributed by atoms with Gasteiger partial charge in [-0.1, -0.05) is 0 Å². The molecule has 0 saturated carbocycles. The first-order valence-corrected chi connectivity index (χ1v) is 3.60. The molecule has 1 rings (SSSR count). The van der Waals surface area contributed by atoms with E-state index in [-0.39, 0.29) is 11.9 Å². The Kier molecular flexibility index (Phi) is 3.06. The van der Waals surface area contributed by atoms with E-state index in [0.29, 0.717) is 0 Å². The molecule has 0 bridgehead atoms. The summed E-state index contributed by atoms with van der Waals surface area (Å²) in [5, 5.41) is 2.92. The van der Waals surface area contributed by atoms with Crippen LogP contribution >= 0.6 is 0 Å². The van der Waals surface area contributed by atoms with Crippen molar-refractivity contribution in [1.82, 2.24) is 0 Å². The van der Waals surface area contributed by atoms with E-state index in [2.05, 4.69) is 10.5 Å². The highest BCUT2D eigenvalue weighted by atomic mass is 19.4. The van der Waals surface area contributed by atoms with Crippen LogP contribution in [0.15, 0.2) is 29.4 Å². The molecule has 0 aliphatic rings. The van der Waals surface area contributed by atoms with E-state index >= 15 is 0 Å². The summed E-state index contributed by atoms with van der Waals surface area (Å²) in [6.45, 7) is 0. The molecule has 0 aliphatic carbocycles. The molecule has 0 fully saturated rings. The van der Waals surface area contributed by atoms with E-state index in [1.165, 1.54) is 12.1 Å². The summed E-state index contributed by atoms with van der Waals surface area (Å²) < 4.78 is 47.1. The molecule has 76 valence electrons. The van der Waals surface area contributed by atoms with Gasteiger partial charge in [-0.3, -0.25) is 5.43 Å². The number of halogens is 4. The quantitative estimate of drug-likeness (QED) is 0.449. The lowest BCUT2D eigenvalue weighted by Crippen LogP contribution is -2.09. The van der Waals surface area contributed by atoms with Crippen LogP contribution in [0.1, 0.15) is 0 Å². The zero-order valence-corrected chi connectivity index (χ0v) is 6.85. The minimum atomic E-state index is -4.45. The third-order valence-electron chi connectivity index (χ3n) is 1.25. The molecule has 2 nitrogen and oxygen atoms in total. The number of nitrogens with one attached hydrogen (secondary N) is 1. The second-order valence-electron chi connectivity index (χ2n) is 2.42. The van der Waals surface area contributed by atoms with Gasteiger partial charge in [-0.05, 0) is 24.3 Å². The molecule has 0 atom stereocenters.